The van der Waals surface area contributed by atoms with Gasteiger partial charge in [-0.3, -0.25) is 0 Å². The molecule has 5 rings (SSSR count). The molecule has 1 aliphatic heterocycles. The molecule has 2 unspecified atom stereocenters. The first-order chi connectivity index (χ1) is 17.8. The summed E-state index contributed by atoms with van der Waals surface area (Å²) in [5.41, 5.74) is 14.3. The van der Waals surface area contributed by atoms with Crippen LogP contribution in [0.1, 0.15) is 92.2 Å². The third-order valence-corrected chi connectivity index (χ3v) is 8.11. The Bertz CT molecular complexity index is 1430. The second kappa shape index (κ2) is 10.1. The average molecular weight is 486 g/mol. The molecule has 0 spiro atoms. The van der Waals surface area contributed by atoms with Crippen LogP contribution < -0.4 is 4.90 Å². The summed E-state index contributed by atoms with van der Waals surface area (Å²) in [6.45, 7) is 18.6. The number of aryl methyl sites for hydroxylation is 1. The summed E-state index contributed by atoms with van der Waals surface area (Å²) >= 11 is 0. The van der Waals surface area contributed by atoms with E-state index >= 15 is 0 Å². The van der Waals surface area contributed by atoms with Crippen molar-refractivity contribution in [3.63, 3.8) is 0 Å². The molecular formula is C36H39N. The highest BCUT2D eigenvalue weighted by molar-refractivity contribution is 5.96. The number of fused-ring (bicyclic) bond motifs is 2. The Labute approximate surface area is 223 Å². The van der Waals surface area contributed by atoms with Gasteiger partial charge in [-0.15, -0.1) is 0 Å². The zero-order valence-electron chi connectivity index (χ0n) is 23.2. The molecule has 0 N–H and O–H groups in total. The van der Waals surface area contributed by atoms with Gasteiger partial charge < -0.3 is 4.90 Å². The monoisotopic (exact) mass is 485 g/mol. The maximum Gasteiger partial charge on any atom is 0.0535 e. The first kappa shape index (κ1) is 25.1. The summed E-state index contributed by atoms with van der Waals surface area (Å²) in [4.78, 5) is 2.50. The van der Waals surface area contributed by atoms with Crippen molar-refractivity contribution in [3.05, 3.63) is 125 Å². The van der Waals surface area contributed by atoms with E-state index in [4.69, 9.17) is 6.58 Å². The number of hydrogen-bond acceptors (Lipinski definition) is 1. The summed E-state index contributed by atoms with van der Waals surface area (Å²) in [6.07, 6.45) is 1.10. The van der Waals surface area contributed by atoms with Gasteiger partial charge in [0.05, 0.1) is 11.4 Å². The van der Waals surface area contributed by atoms with Crippen LogP contribution in [0.4, 0.5) is 11.4 Å². The molecule has 0 amide bonds. The van der Waals surface area contributed by atoms with Crippen LogP contribution >= 0.6 is 0 Å². The van der Waals surface area contributed by atoms with Crippen molar-refractivity contribution >= 4 is 17.1 Å². The van der Waals surface area contributed by atoms with Crippen molar-refractivity contribution in [1.82, 2.24) is 0 Å². The van der Waals surface area contributed by atoms with Crippen molar-refractivity contribution in [2.45, 2.75) is 65.7 Å². The van der Waals surface area contributed by atoms with Crippen LogP contribution in [0.25, 0.3) is 16.8 Å². The molecule has 188 valence electrons. The summed E-state index contributed by atoms with van der Waals surface area (Å²) in [7, 11) is 0. The van der Waals surface area contributed by atoms with Gasteiger partial charge in [0.2, 0.25) is 0 Å². The second-order valence-corrected chi connectivity index (χ2v) is 11.0. The number of hydrogen-bond donors (Lipinski definition) is 0. The lowest BCUT2D eigenvalue weighted by atomic mass is 9.77. The number of anilines is 2. The van der Waals surface area contributed by atoms with Crippen molar-refractivity contribution < 1.29 is 0 Å². The van der Waals surface area contributed by atoms with Gasteiger partial charge in [0.25, 0.3) is 0 Å². The van der Waals surface area contributed by atoms with Crippen LogP contribution in [0.5, 0.6) is 0 Å². The molecule has 0 bridgehead atoms. The highest BCUT2D eigenvalue weighted by atomic mass is 15.2. The zero-order chi connectivity index (χ0) is 26.3. The minimum atomic E-state index is 0.286. The normalized spacial score (nSPS) is 15.3. The minimum Gasteiger partial charge on any atom is -0.309 e. The molecule has 4 aromatic rings. The van der Waals surface area contributed by atoms with E-state index in [1.807, 2.05) is 0 Å². The molecule has 0 aromatic heterocycles. The van der Waals surface area contributed by atoms with Crippen molar-refractivity contribution in [3.8, 4) is 11.1 Å². The molecule has 2 atom stereocenters. The van der Waals surface area contributed by atoms with E-state index in [2.05, 4.69) is 131 Å². The first-order valence-electron chi connectivity index (χ1n) is 13.7. The van der Waals surface area contributed by atoms with E-state index in [9.17, 15) is 0 Å². The number of rotatable bonds is 6. The van der Waals surface area contributed by atoms with Gasteiger partial charge in [0.1, 0.15) is 0 Å². The van der Waals surface area contributed by atoms with Crippen LogP contribution in [0.15, 0.2) is 91.5 Å². The third kappa shape index (κ3) is 4.42. The molecular weight excluding hydrogens is 446 g/mol. The lowest BCUT2D eigenvalue weighted by Gasteiger charge is -2.42. The Morgan fingerprint density at radius 1 is 0.784 bits per heavy atom. The van der Waals surface area contributed by atoms with Crippen LogP contribution in [0.2, 0.25) is 0 Å². The highest BCUT2D eigenvalue weighted by Crippen LogP contribution is 2.54. The maximum absolute atomic E-state index is 4.73. The van der Waals surface area contributed by atoms with Crippen LogP contribution in [0.3, 0.4) is 0 Å². The van der Waals surface area contributed by atoms with Crippen molar-refractivity contribution in [1.29, 1.82) is 0 Å². The lowest BCUT2D eigenvalue weighted by Crippen LogP contribution is -2.27. The fraction of sp³-hybridized carbons (Fsp3) is 0.278. The Morgan fingerprint density at radius 2 is 1.38 bits per heavy atom. The minimum absolute atomic E-state index is 0.286. The predicted octanol–water partition coefficient (Wildman–Crippen LogP) is 10.6. The Morgan fingerprint density at radius 3 is 2.00 bits per heavy atom. The van der Waals surface area contributed by atoms with Gasteiger partial charge in [0.15, 0.2) is 0 Å². The Kier molecular flexibility index (Phi) is 6.82. The summed E-state index contributed by atoms with van der Waals surface area (Å²) in [5.74, 6) is 1.11. The zero-order valence-corrected chi connectivity index (χ0v) is 23.2. The van der Waals surface area contributed by atoms with Crippen molar-refractivity contribution in [2.24, 2.45) is 0 Å². The van der Waals surface area contributed by atoms with E-state index in [-0.39, 0.29) is 5.92 Å². The quantitative estimate of drug-likeness (QED) is 0.262. The van der Waals surface area contributed by atoms with E-state index in [0.717, 1.165) is 17.7 Å². The third-order valence-electron chi connectivity index (χ3n) is 8.11. The molecule has 4 aromatic carbocycles. The molecule has 1 heteroatoms. The summed E-state index contributed by atoms with van der Waals surface area (Å²) < 4.78 is 0. The molecule has 1 aliphatic rings. The van der Waals surface area contributed by atoms with Gasteiger partial charge in [-0.2, -0.15) is 0 Å². The largest absolute Gasteiger partial charge is 0.309 e. The summed E-state index contributed by atoms with van der Waals surface area (Å²) in [5, 5.41) is 0. The SMILES string of the molecule is C=C(c1ccccc1)N1c2c(C(C)C)cc(-c3ccccc3)cc2C(C)c2cc(C)cc(C(C)CC)c21. The molecule has 1 nitrogen and oxygen atoms in total. The number of benzene rings is 4. The van der Waals surface area contributed by atoms with E-state index in [0.29, 0.717) is 11.8 Å². The highest BCUT2D eigenvalue weighted by Gasteiger charge is 2.35. The molecule has 0 radical (unpaired) electrons. The lowest BCUT2D eigenvalue weighted by molar-refractivity contribution is 0.726. The predicted molar refractivity (Wildman–Crippen MR) is 161 cm³/mol. The Balaban J connectivity index is 1.86. The Hall–Kier alpha value is -3.58. The van der Waals surface area contributed by atoms with E-state index in [1.165, 1.54) is 50.3 Å². The van der Waals surface area contributed by atoms with Gasteiger partial charge >= 0.3 is 0 Å². The van der Waals surface area contributed by atoms with Crippen molar-refractivity contribution in [2.75, 3.05) is 4.90 Å². The molecule has 0 fully saturated rings. The average Bonchev–Trinajstić information content (AvgIpc) is 2.93. The van der Waals surface area contributed by atoms with E-state index in [1.54, 1.807) is 0 Å². The molecule has 1 heterocycles. The van der Waals surface area contributed by atoms with Gasteiger partial charge in [-0.1, -0.05) is 120 Å². The van der Waals surface area contributed by atoms with Crippen LogP contribution in [-0.4, -0.2) is 0 Å². The van der Waals surface area contributed by atoms with Gasteiger partial charge in [-0.05, 0) is 76.3 Å². The fourth-order valence-corrected chi connectivity index (χ4v) is 5.83. The second-order valence-electron chi connectivity index (χ2n) is 11.0. The summed E-state index contributed by atoms with van der Waals surface area (Å²) in [6, 6.07) is 31.1. The first-order valence-corrected chi connectivity index (χ1v) is 13.7. The molecule has 37 heavy (non-hydrogen) atoms. The fourth-order valence-electron chi connectivity index (χ4n) is 5.83. The van der Waals surface area contributed by atoms with Crippen LogP contribution in [0, 0.1) is 6.92 Å². The van der Waals surface area contributed by atoms with Gasteiger partial charge in [0, 0.05) is 11.6 Å². The topological polar surface area (TPSA) is 3.24 Å². The smallest absolute Gasteiger partial charge is 0.0535 e. The van der Waals surface area contributed by atoms with Gasteiger partial charge in [-0.25, -0.2) is 0 Å². The maximum atomic E-state index is 4.73. The standard InChI is InChI=1S/C36H39N/c1-8-25(5)32-19-24(4)20-33-26(6)34-22-30(29-17-13-10-14-18-29)21-31(23(2)3)35(34)37(36(32)33)27(7)28-15-11-9-12-16-28/h9-23,25-26H,7-8H2,1-6H3. The van der Waals surface area contributed by atoms with Crippen LogP contribution in [-0.2, 0) is 0 Å². The molecule has 0 saturated carbocycles. The van der Waals surface area contributed by atoms with E-state index < -0.39 is 0 Å². The molecule has 0 saturated heterocycles. The number of nitrogens with zero attached hydrogens (tertiary/aromatic N) is 1. The molecule has 0 aliphatic carbocycles.